The lowest BCUT2D eigenvalue weighted by Gasteiger charge is -1.94. The molecule has 0 radical (unpaired) electrons. The number of aryl methyl sites for hydroxylation is 1. The molecule has 0 fully saturated rings. The Balaban J connectivity index is 2.23. The van der Waals surface area contributed by atoms with Crippen LogP contribution < -0.4 is 4.73 Å². The van der Waals surface area contributed by atoms with Gasteiger partial charge in [-0.05, 0) is 0 Å². The largest absolute Gasteiger partial charge is 0.619 e. The van der Waals surface area contributed by atoms with Crippen LogP contribution in [-0.4, -0.2) is 14.5 Å². The lowest BCUT2D eigenvalue weighted by molar-refractivity contribution is -0.603. The average molecular weight is 232 g/mol. The van der Waals surface area contributed by atoms with Crippen LogP contribution >= 0.6 is 11.3 Å². The van der Waals surface area contributed by atoms with Crippen molar-refractivity contribution in [3.05, 3.63) is 36.2 Å². The smallest absolute Gasteiger partial charge is 0.207 e. The topological polar surface area (TPSA) is 57.7 Å². The van der Waals surface area contributed by atoms with E-state index in [-0.39, 0.29) is 0 Å². The Kier molecular flexibility index (Phi) is 1.90. The highest BCUT2D eigenvalue weighted by atomic mass is 32.1. The molecule has 3 aromatic rings. The highest BCUT2D eigenvalue weighted by molar-refractivity contribution is 7.21. The third-order valence-electron chi connectivity index (χ3n) is 2.34. The second-order valence-electron chi connectivity index (χ2n) is 3.46. The second kappa shape index (κ2) is 3.28. The van der Waals surface area contributed by atoms with Gasteiger partial charge in [-0.2, -0.15) is 4.73 Å². The number of hydrogen-bond acceptors (Lipinski definition) is 4. The second-order valence-corrected chi connectivity index (χ2v) is 4.49. The zero-order valence-corrected chi connectivity index (χ0v) is 9.31. The van der Waals surface area contributed by atoms with Crippen molar-refractivity contribution < 1.29 is 4.73 Å². The number of imidazole rings is 1. The molecule has 0 spiro atoms. The monoisotopic (exact) mass is 232 g/mol. The molecule has 6 heteroatoms. The Morgan fingerprint density at radius 2 is 2.38 bits per heavy atom. The molecular weight excluding hydrogens is 224 g/mol. The molecule has 16 heavy (non-hydrogen) atoms. The van der Waals surface area contributed by atoms with E-state index in [2.05, 4.69) is 9.97 Å². The van der Waals surface area contributed by atoms with Crippen molar-refractivity contribution in [3.63, 3.8) is 0 Å². The molecule has 0 aliphatic carbocycles. The molecule has 3 aromatic heterocycles. The normalized spacial score (nSPS) is 11.1. The van der Waals surface area contributed by atoms with Crippen LogP contribution in [0.4, 0.5) is 0 Å². The number of hydrogen-bond donors (Lipinski definition) is 0. The summed E-state index contributed by atoms with van der Waals surface area (Å²) in [4.78, 5) is 8.46. The van der Waals surface area contributed by atoms with E-state index in [0.29, 0.717) is 0 Å². The van der Waals surface area contributed by atoms with Gasteiger partial charge in [0.1, 0.15) is 10.5 Å². The van der Waals surface area contributed by atoms with Gasteiger partial charge in [0.05, 0.1) is 22.9 Å². The third-order valence-corrected chi connectivity index (χ3v) is 3.40. The summed E-state index contributed by atoms with van der Waals surface area (Å²) in [6.45, 7) is 0. The zero-order valence-electron chi connectivity index (χ0n) is 8.49. The molecule has 0 amide bonds. The van der Waals surface area contributed by atoms with Crippen molar-refractivity contribution in [1.29, 1.82) is 0 Å². The van der Waals surface area contributed by atoms with Crippen molar-refractivity contribution in [2.75, 3.05) is 0 Å². The number of thiazole rings is 1. The van der Waals surface area contributed by atoms with Crippen LogP contribution in [0.2, 0.25) is 0 Å². The Hall–Kier alpha value is -1.95. The van der Waals surface area contributed by atoms with Crippen LogP contribution in [0.1, 0.15) is 0 Å². The van der Waals surface area contributed by atoms with Crippen LogP contribution in [0.25, 0.3) is 20.9 Å². The summed E-state index contributed by atoms with van der Waals surface area (Å²) in [5, 5.41) is 12.0. The first kappa shape index (κ1) is 9.29. The number of aromatic nitrogens is 4. The third kappa shape index (κ3) is 1.35. The lowest BCUT2D eigenvalue weighted by Crippen LogP contribution is -2.23. The fraction of sp³-hybridized carbons (Fsp3) is 0.100. The molecular formula is C10H8N4OS. The van der Waals surface area contributed by atoms with Gasteiger partial charge in [0.15, 0.2) is 6.20 Å². The summed E-state index contributed by atoms with van der Waals surface area (Å²) >= 11 is 1.55. The molecule has 0 unspecified atom stereocenters. The molecule has 5 nitrogen and oxygen atoms in total. The van der Waals surface area contributed by atoms with E-state index in [4.69, 9.17) is 0 Å². The maximum absolute atomic E-state index is 11.1. The van der Waals surface area contributed by atoms with Crippen LogP contribution in [0.5, 0.6) is 0 Å². The standard InChI is InChI=1S/C10H8N4OS/c1-13-6-11-4-8(13)10-12-7-5-14(15)3-2-9(7)16-10/h2-6H,1H3. The van der Waals surface area contributed by atoms with Gasteiger partial charge in [0, 0.05) is 13.1 Å². The van der Waals surface area contributed by atoms with E-state index < -0.39 is 0 Å². The van der Waals surface area contributed by atoms with E-state index in [0.717, 1.165) is 25.6 Å². The molecule has 3 rings (SSSR count). The molecule has 3 heterocycles. The maximum atomic E-state index is 11.1. The molecule has 0 atom stereocenters. The minimum absolute atomic E-state index is 0.721. The van der Waals surface area contributed by atoms with E-state index in [1.165, 1.54) is 12.4 Å². The van der Waals surface area contributed by atoms with Gasteiger partial charge >= 0.3 is 0 Å². The summed E-state index contributed by atoms with van der Waals surface area (Å²) in [6.07, 6.45) is 6.46. The summed E-state index contributed by atoms with van der Waals surface area (Å²) < 4.78 is 3.67. The van der Waals surface area contributed by atoms with Crippen molar-refractivity contribution >= 4 is 21.6 Å². The SMILES string of the molecule is Cn1cncc1-c1nc2c[n+]([O-])ccc2s1. The van der Waals surface area contributed by atoms with Crippen LogP contribution in [0, 0.1) is 5.21 Å². The molecule has 0 N–H and O–H groups in total. The molecule has 0 aromatic carbocycles. The Morgan fingerprint density at radius 1 is 1.50 bits per heavy atom. The average Bonchev–Trinajstić information content (AvgIpc) is 2.82. The quantitative estimate of drug-likeness (QED) is 0.470. The Morgan fingerprint density at radius 3 is 3.12 bits per heavy atom. The van der Waals surface area contributed by atoms with Crippen LogP contribution in [-0.2, 0) is 7.05 Å². The van der Waals surface area contributed by atoms with Gasteiger partial charge in [-0.3, -0.25) is 0 Å². The summed E-state index contributed by atoms with van der Waals surface area (Å²) in [5.74, 6) is 0. The molecule has 0 bridgehead atoms. The molecule has 0 aliphatic rings. The Bertz CT molecular complexity index is 658. The van der Waals surface area contributed by atoms with E-state index >= 15 is 0 Å². The molecule has 0 saturated carbocycles. The van der Waals surface area contributed by atoms with Crippen molar-refractivity contribution in [2.45, 2.75) is 0 Å². The van der Waals surface area contributed by atoms with E-state index in [9.17, 15) is 5.21 Å². The fourth-order valence-electron chi connectivity index (χ4n) is 1.53. The summed E-state index contributed by atoms with van der Waals surface area (Å²) in [5.41, 5.74) is 1.68. The first-order chi connectivity index (χ1) is 7.74. The molecule has 0 aliphatic heterocycles. The highest BCUT2D eigenvalue weighted by Gasteiger charge is 2.10. The molecule has 0 saturated heterocycles. The first-order valence-electron chi connectivity index (χ1n) is 4.70. The van der Waals surface area contributed by atoms with Crippen molar-refractivity contribution in [3.8, 4) is 10.7 Å². The van der Waals surface area contributed by atoms with E-state index in [1.807, 2.05) is 11.6 Å². The minimum atomic E-state index is 0.721. The van der Waals surface area contributed by atoms with Gasteiger partial charge in [0.25, 0.3) is 0 Å². The van der Waals surface area contributed by atoms with Gasteiger partial charge in [0.2, 0.25) is 6.20 Å². The van der Waals surface area contributed by atoms with Gasteiger partial charge in [-0.15, -0.1) is 11.3 Å². The maximum Gasteiger partial charge on any atom is 0.207 e. The van der Waals surface area contributed by atoms with Gasteiger partial charge < -0.3 is 9.77 Å². The number of fused-ring (bicyclic) bond motifs is 1. The zero-order chi connectivity index (χ0) is 11.1. The molecule has 80 valence electrons. The predicted octanol–water partition coefficient (Wildman–Crippen LogP) is 1.33. The van der Waals surface area contributed by atoms with Crippen LogP contribution in [0.3, 0.4) is 0 Å². The van der Waals surface area contributed by atoms with Crippen molar-refractivity contribution in [1.82, 2.24) is 14.5 Å². The minimum Gasteiger partial charge on any atom is -0.619 e. The summed E-state index contributed by atoms with van der Waals surface area (Å²) in [7, 11) is 1.92. The number of nitrogens with zero attached hydrogens (tertiary/aromatic N) is 4. The Labute approximate surface area is 95.2 Å². The van der Waals surface area contributed by atoms with E-state index in [1.54, 1.807) is 29.9 Å². The fourth-order valence-corrected chi connectivity index (χ4v) is 2.52. The number of pyridine rings is 1. The summed E-state index contributed by atoms with van der Waals surface area (Å²) in [6, 6.07) is 1.78. The lowest BCUT2D eigenvalue weighted by atomic mass is 10.4. The highest BCUT2D eigenvalue weighted by Crippen LogP contribution is 2.28. The van der Waals surface area contributed by atoms with Crippen molar-refractivity contribution in [2.24, 2.45) is 7.05 Å². The predicted molar refractivity (Wildman–Crippen MR) is 60.8 cm³/mol. The number of rotatable bonds is 1. The first-order valence-corrected chi connectivity index (χ1v) is 5.52. The van der Waals surface area contributed by atoms with Crippen LogP contribution in [0.15, 0.2) is 31.0 Å². The van der Waals surface area contributed by atoms with Gasteiger partial charge in [-0.1, -0.05) is 0 Å². The van der Waals surface area contributed by atoms with Gasteiger partial charge in [-0.25, -0.2) is 9.97 Å².